The minimum Gasteiger partial charge on any atom is -0.369 e. The van der Waals surface area contributed by atoms with Crippen molar-refractivity contribution >= 4 is 16.9 Å². The van der Waals surface area contributed by atoms with Gasteiger partial charge in [-0.05, 0) is 42.2 Å². The second kappa shape index (κ2) is 9.21. The number of anilines is 1. The van der Waals surface area contributed by atoms with Crippen LogP contribution in [0, 0.1) is 0 Å². The number of unbranched alkanes of at least 4 members (excludes halogenated alkanes) is 1. The molecule has 0 aliphatic rings. The van der Waals surface area contributed by atoms with Crippen molar-refractivity contribution in [3.8, 4) is 17.1 Å². The van der Waals surface area contributed by atoms with Gasteiger partial charge < -0.3 is 5.32 Å². The van der Waals surface area contributed by atoms with Gasteiger partial charge >= 0.3 is 6.18 Å². The molecule has 4 aromatic rings. The van der Waals surface area contributed by atoms with E-state index in [-0.39, 0.29) is 5.82 Å². The number of nitrogens with one attached hydrogen (secondary N) is 1. The highest BCUT2D eigenvalue weighted by molar-refractivity contribution is 5.89. The maximum absolute atomic E-state index is 13.3. The third-order valence-electron chi connectivity index (χ3n) is 5.50. The SMILES string of the molecule is CCCCNc1nc(-c2cccc(C(F)(F)F)c2)nc2c1cnn2-c1ccc(C(C)C)cc1. The molecule has 33 heavy (non-hydrogen) atoms. The minimum absolute atomic E-state index is 0.216. The highest BCUT2D eigenvalue weighted by Gasteiger charge is 2.30. The Hall–Kier alpha value is -3.42. The van der Waals surface area contributed by atoms with Gasteiger partial charge in [0.05, 0.1) is 22.8 Å². The first-order valence-corrected chi connectivity index (χ1v) is 11.1. The molecule has 0 aliphatic heterocycles. The average molecular weight is 454 g/mol. The number of alkyl halides is 3. The number of aromatic nitrogens is 4. The van der Waals surface area contributed by atoms with E-state index in [2.05, 4.69) is 41.2 Å². The maximum Gasteiger partial charge on any atom is 0.416 e. The van der Waals surface area contributed by atoms with Crippen LogP contribution in [0.3, 0.4) is 0 Å². The first kappa shape index (κ1) is 22.8. The molecule has 0 aliphatic carbocycles. The Labute approximate surface area is 190 Å². The number of hydrogen-bond acceptors (Lipinski definition) is 4. The molecule has 5 nitrogen and oxygen atoms in total. The van der Waals surface area contributed by atoms with Gasteiger partial charge in [-0.15, -0.1) is 0 Å². The van der Waals surface area contributed by atoms with E-state index >= 15 is 0 Å². The predicted octanol–water partition coefficient (Wildman–Crippen LogP) is 6.84. The summed E-state index contributed by atoms with van der Waals surface area (Å²) in [6.07, 6.45) is -0.809. The molecule has 0 spiro atoms. The van der Waals surface area contributed by atoms with Crippen molar-refractivity contribution in [2.24, 2.45) is 0 Å². The van der Waals surface area contributed by atoms with Crippen molar-refractivity contribution in [1.82, 2.24) is 19.7 Å². The van der Waals surface area contributed by atoms with E-state index in [4.69, 9.17) is 0 Å². The molecular weight excluding hydrogens is 427 g/mol. The zero-order chi connectivity index (χ0) is 23.6. The van der Waals surface area contributed by atoms with Gasteiger partial charge in [-0.3, -0.25) is 0 Å². The van der Waals surface area contributed by atoms with Crippen molar-refractivity contribution in [2.45, 2.75) is 45.7 Å². The van der Waals surface area contributed by atoms with Crippen LogP contribution in [-0.2, 0) is 6.18 Å². The summed E-state index contributed by atoms with van der Waals surface area (Å²) in [6.45, 7) is 7.03. The molecule has 0 bridgehead atoms. The molecule has 2 aromatic heterocycles. The van der Waals surface area contributed by atoms with Crippen LogP contribution in [-0.4, -0.2) is 26.3 Å². The summed E-state index contributed by atoms with van der Waals surface area (Å²) in [5.41, 5.74) is 2.13. The van der Waals surface area contributed by atoms with E-state index in [1.807, 2.05) is 24.3 Å². The molecule has 172 valence electrons. The van der Waals surface area contributed by atoms with Gasteiger partial charge in [0.25, 0.3) is 0 Å². The summed E-state index contributed by atoms with van der Waals surface area (Å²) < 4.78 is 41.5. The van der Waals surface area contributed by atoms with Crippen LogP contribution >= 0.6 is 0 Å². The quantitative estimate of drug-likeness (QED) is 0.311. The lowest BCUT2D eigenvalue weighted by molar-refractivity contribution is -0.137. The number of hydrogen-bond donors (Lipinski definition) is 1. The van der Waals surface area contributed by atoms with Crippen LogP contribution in [0.2, 0.25) is 0 Å². The van der Waals surface area contributed by atoms with Crippen LogP contribution in [0.15, 0.2) is 54.7 Å². The first-order valence-electron chi connectivity index (χ1n) is 11.1. The van der Waals surface area contributed by atoms with Crippen molar-refractivity contribution in [1.29, 1.82) is 0 Å². The third kappa shape index (κ3) is 4.84. The number of halogens is 3. The Morgan fingerprint density at radius 1 is 1.03 bits per heavy atom. The number of nitrogens with zero attached hydrogens (tertiary/aromatic N) is 4. The van der Waals surface area contributed by atoms with Crippen LogP contribution < -0.4 is 5.32 Å². The van der Waals surface area contributed by atoms with E-state index in [0.717, 1.165) is 36.0 Å². The second-order valence-corrected chi connectivity index (χ2v) is 8.29. The topological polar surface area (TPSA) is 55.6 Å². The largest absolute Gasteiger partial charge is 0.416 e. The van der Waals surface area contributed by atoms with Crippen LogP contribution in [0.5, 0.6) is 0 Å². The van der Waals surface area contributed by atoms with Gasteiger partial charge in [-0.1, -0.05) is 51.5 Å². The van der Waals surface area contributed by atoms with E-state index < -0.39 is 11.7 Å². The molecule has 0 atom stereocenters. The predicted molar refractivity (Wildman–Crippen MR) is 125 cm³/mol. The van der Waals surface area contributed by atoms with E-state index in [1.165, 1.54) is 11.6 Å². The van der Waals surface area contributed by atoms with Gasteiger partial charge in [0.1, 0.15) is 5.82 Å². The lowest BCUT2D eigenvalue weighted by Gasteiger charge is -2.12. The molecule has 4 rings (SSSR count). The standard InChI is InChI=1S/C25H26F3N5/c1-4-5-13-29-23-21-15-30-33(20-11-9-17(10-12-20)16(2)3)24(21)32-22(31-23)18-7-6-8-19(14-18)25(26,27)28/h6-12,14-16H,4-5,13H2,1-3H3,(H,29,31,32). The van der Waals surface area contributed by atoms with Crippen molar-refractivity contribution < 1.29 is 13.2 Å². The van der Waals surface area contributed by atoms with Gasteiger partial charge in [0.2, 0.25) is 0 Å². The average Bonchev–Trinajstić information content (AvgIpc) is 3.23. The maximum atomic E-state index is 13.3. The molecule has 2 heterocycles. The number of fused-ring (bicyclic) bond motifs is 1. The highest BCUT2D eigenvalue weighted by atomic mass is 19.4. The summed E-state index contributed by atoms with van der Waals surface area (Å²) in [5.74, 6) is 1.18. The molecule has 0 saturated heterocycles. The monoisotopic (exact) mass is 453 g/mol. The van der Waals surface area contributed by atoms with Crippen LogP contribution in [0.1, 0.15) is 50.7 Å². The Morgan fingerprint density at radius 3 is 2.45 bits per heavy atom. The van der Waals surface area contributed by atoms with Gasteiger partial charge in [0.15, 0.2) is 11.5 Å². The Bertz CT molecular complexity index is 1240. The van der Waals surface area contributed by atoms with Crippen LogP contribution in [0.25, 0.3) is 28.1 Å². The van der Waals surface area contributed by atoms with E-state index in [1.54, 1.807) is 16.9 Å². The van der Waals surface area contributed by atoms with Gasteiger partial charge in [-0.25, -0.2) is 14.6 Å². The van der Waals surface area contributed by atoms with E-state index in [0.29, 0.717) is 29.5 Å². The molecule has 0 radical (unpaired) electrons. The fraction of sp³-hybridized carbons (Fsp3) is 0.320. The zero-order valence-electron chi connectivity index (χ0n) is 18.8. The Kier molecular flexibility index (Phi) is 6.35. The summed E-state index contributed by atoms with van der Waals surface area (Å²) >= 11 is 0. The van der Waals surface area contributed by atoms with E-state index in [9.17, 15) is 13.2 Å². The smallest absolute Gasteiger partial charge is 0.369 e. The molecular formula is C25H26F3N5. The summed E-state index contributed by atoms with van der Waals surface area (Å²) in [6, 6.07) is 13.1. The Morgan fingerprint density at radius 2 is 1.79 bits per heavy atom. The van der Waals surface area contributed by atoms with Gasteiger partial charge in [-0.2, -0.15) is 18.3 Å². The lowest BCUT2D eigenvalue weighted by Crippen LogP contribution is -2.07. The molecule has 0 fully saturated rings. The molecule has 0 saturated carbocycles. The summed E-state index contributed by atoms with van der Waals surface area (Å²) in [5, 5.41) is 8.54. The number of rotatable bonds is 7. The molecule has 1 N–H and O–H groups in total. The second-order valence-electron chi connectivity index (χ2n) is 8.29. The fourth-order valence-electron chi connectivity index (χ4n) is 3.58. The zero-order valence-corrected chi connectivity index (χ0v) is 18.8. The van der Waals surface area contributed by atoms with Crippen molar-refractivity contribution in [3.63, 3.8) is 0 Å². The molecule has 0 amide bonds. The van der Waals surface area contributed by atoms with Crippen molar-refractivity contribution in [3.05, 3.63) is 65.9 Å². The number of benzene rings is 2. The fourth-order valence-corrected chi connectivity index (χ4v) is 3.58. The Balaban J connectivity index is 1.85. The summed E-state index contributed by atoms with van der Waals surface area (Å²) in [7, 11) is 0. The van der Waals surface area contributed by atoms with Crippen LogP contribution in [0.4, 0.5) is 19.0 Å². The third-order valence-corrected chi connectivity index (χ3v) is 5.50. The van der Waals surface area contributed by atoms with Gasteiger partial charge in [0, 0.05) is 12.1 Å². The summed E-state index contributed by atoms with van der Waals surface area (Å²) in [4.78, 5) is 9.20. The highest BCUT2D eigenvalue weighted by Crippen LogP contribution is 2.33. The molecule has 0 unspecified atom stereocenters. The normalized spacial score (nSPS) is 12.0. The lowest BCUT2D eigenvalue weighted by atomic mass is 10.0. The molecule has 8 heteroatoms. The van der Waals surface area contributed by atoms with Crippen molar-refractivity contribution in [2.75, 3.05) is 11.9 Å². The molecule has 2 aromatic carbocycles. The minimum atomic E-state index is -4.44. The first-order chi connectivity index (χ1) is 15.8.